The van der Waals surface area contributed by atoms with Crippen molar-refractivity contribution in [1.82, 2.24) is 5.16 Å². The summed E-state index contributed by atoms with van der Waals surface area (Å²) in [7, 11) is 2.67. The first kappa shape index (κ1) is 9.05. The van der Waals surface area contributed by atoms with Crippen LogP contribution in [0.4, 0.5) is 0 Å². The van der Waals surface area contributed by atoms with Crippen molar-refractivity contribution in [3.8, 4) is 5.88 Å². The lowest BCUT2D eigenvalue weighted by molar-refractivity contribution is 0.0553. The van der Waals surface area contributed by atoms with Gasteiger partial charge < -0.3 is 14.0 Å². The molecular formula is C6H6BrNO4. The number of ether oxygens (including phenoxy) is 2. The Balaban J connectivity index is 3.02. The van der Waals surface area contributed by atoms with Crippen LogP contribution in [0.2, 0.25) is 0 Å². The van der Waals surface area contributed by atoms with E-state index in [9.17, 15) is 4.79 Å². The Kier molecular flexibility index (Phi) is 2.69. The summed E-state index contributed by atoms with van der Waals surface area (Å²) < 4.78 is 14.2. The molecule has 0 bridgehead atoms. The van der Waals surface area contributed by atoms with E-state index in [2.05, 4.69) is 30.3 Å². The van der Waals surface area contributed by atoms with Crippen LogP contribution in [-0.4, -0.2) is 25.3 Å². The molecule has 12 heavy (non-hydrogen) atoms. The fraction of sp³-hybridized carbons (Fsp3) is 0.333. The van der Waals surface area contributed by atoms with Gasteiger partial charge in [0.1, 0.15) is 4.47 Å². The molecule has 5 nitrogen and oxygen atoms in total. The molecule has 1 rings (SSSR count). The highest BCUT2D eigenvalue weighted by Gasteiger charge is 2.21. The highest BCUT2D eigenvalue weighted by molar-refractivity contribution is 9.10. The molecule has 0 unspecified atom stereocenters. The van der Waals surface area contributed by atoms with Crippen LogP contribution in [0.15, 0.2) is 9.00 Å². The van der Waals surface area contributed by atoms with Gasteiger partial charge in [-0.05, 0) is 21.1 Å². The smallest absolute Gasteiger partial charge is 0.378 e. The largest absolute Gasteiger partial charge is 0.478 e. The fourth-order valence-corrected chi connectivity index (χ4v) is 1.08. The van der Waals surface area contributed by atoms with E-state index in [0.717, 1.165) is 0 Å². The van der Waals surface area contributed by atoms with E-state index in [0.29, 0.717) is 4.47 Å². The number of esters is 1. The third kappa shape index (κ3) is 1.42. The van der Waals surface area contributed by atoms with E-state index in [4.69, 9.17) is 4.74 Å². The first-order chi connectivity index (χ1) is 5.70. The molecule has 0 aliphatic heterocycles. The first-order valence-corrected chi connectivity index (χ1v) is 3.77. The molecule has 0 spiro atoms. The molecular weight excluding hydrogens is 230 g/mol. The summed E-state index contributed by atoms with van der Waals surface area (Å²) in [5, 5.41) is 3.46. The molecule has 0 saturated carbocycles. The van der Waals surface area contributed by atoms with Gasteiger partial charge in [0.25, 0.3) is 11.6 Å². The summed E-state index contributed by atoms with van der Waals surface area (Å²) in [5.74, 6) is -0.387. The molecule has 0 amide bonds. The minimum absolute atomic E-state index is 0.00523. The average molecular weight is 236 g/mol. The van der Waals surface area contributed by atoms with Gasteiger partial charge in [-0.25, -0.2) is 4.79 Å². The van der Waals surface area contributed by atoms with E-state index < -0.39 is 5.97 Å². The lowest BCUT2D eigenvalue weighted by Crippen LogP contribution is -1.99. The number of hydrogen-bond donors (Lipinski definition) is 0. The van der Waals surface area contributed by atoms with Crippen molar-refractivity contribution in [2.45, 2.75) is 0 Å². The summed E-state index contributed by atoms with van der Waals surface area (Å²) in [6.07, 6.45) is 0. The normalized spacial score (nSPS) is 9.58. The van der Waals surface area contributed by atoms with Gasteiger partial charge in [-0.1, -0.05) is 0 Å². The zero-order valence-electron chi connectivity index (χ0n) is 6.46. The summed E-state index contributed by atoms with van der Waals surface area (Å²) in [6, 6.07) is 0. The predicted octanol–water partition coefficient (Wildman–Crippen LogP) is 1.23. The van der Waals surface area contributed by atoms with Crippen LogP contribution >= 0.6 is 15.9 Å². The lowest BCUT2D eigenvalue weighted by atomic mass is 10.4. The second-order valence-electron chi connectivity index (χ2n) is 1.83. The SMILES string of the molecule is COC(=O)c1onc(OC)c1Br. The lowest BCUT2D eigenvalue weighted by Gasteiger charge is -1.92. The van der Waals surface area contributed by atoms with Crippen molar-refractivity contribution >= 4 is 21.9 Å². The van der Waals surface area contributed by atoms with Crippen LogP contribution in [0.1, 0.15) is 10.6 Å². The zero-order chi connectivity index (χ0) is 9.14. The molecule has 0 aliphatic rings. The molecule has 0 atom stereocenters. The van der Waals surface area contributed by atoms with Crippen LogP contribution < -0.4 is 4.74 Å². The molecule has 66 valence electrons. The van der Waals surface area contributed by atoms with Crippen molar-refractivity contribution in [2.75, 3.05) is 14.2 Å². The highest BCUT2D eigenvalue weighted by Crippen LogP contribution is 2.27. The Bertz CT molecular complexity index is 296. The van der Waals surface area contributed by atoms with E-state index >= 15 is 0 Å². The average Bonchev–Trinajstić information content (AvgIpc) is 2.45. The maximum Gasteiger partial charge on any atom is 0.378 e. The van der Waals surface area contributed by atoms with Gasteiger partial charge in [0.05, 0.1) is 14.2 Å². The van der Waals surface area contributed by atoms with Crippen LogP contribution in [0.5, 0.6) is 5.88 Å². The van der Waals surface area contributed by atoms with E-state index in [1.54, 1.807) is 0 Å². The van der Waals surface area contributed by atoms with Crippen molar-refractivity contribution in [3.05, 3.63) is 10.2 Å². The number of aromatic nitrogens is 1. The van der Waals surface area contributed by atoms with Crippen molar-refractivity contribution in [1.29, 1.82) is 0 Å². The highest BCUT2D eigenvalue weighted by atomic mass is 79.9. The van der Waals surface area contributed by atoms with Gasteiger partial charge in [0, 0.05) is 0 Å². The number of carbonyl (C=O) groups excluding carboxylic acids is 1. The summed E-state index contributed by atoms with van der Waals surface area (Å²) in [6.45, 7) is 0. The Hall–Kier alpha value is -1.04. The third-order valence-corrected chi connectivity index (χ3v) is 1.87. The van der Waals surface area contributed by atoms with E-state index in [-0.39, 0.29) is 11.6 Å². The van der Waals surface area contributed by atoms with Crippen molar-refractivity contribution in [2.24, 2.45) is 0 Å². The Morgan fingerprint density at radius 2 is 2.25 bits per heavy atom. The quantitative estimate of drug-likeness (QED) is 0.722. The molecule has 0 saturated heterocycles. The van der Waals surface area contributed by atoms with E-state index in [1.807, 2.05) is 0 Å². The number of hydrogen-bond acceptors (Lipinski definition) is 5. The molecule has 1 heterocycles. The molecule has 0 N–H and O–H groups in total. The first-order valence-electron chi connectivity index (χ1n) is 2.98. The second-order valence-corrected chi connectivity index (χ2v) is 2.62. The minimum Gasteiger partial charge on any atom is -0.478 e. The van der Waals surface area contributed by atoms with Gasteiger partial charge in [0.2, 0.25) is 0 Å². The Morgan fingerprint density at radius 1 is 1.58 bits per heavy atom. The molecule has 0 aromatic carbocycles. The molecule has 1 aromatic heterocycles. The summed E-state index contributed by atoms with van der Waals surface area (Å²) in [4.78, 5) is 10.9. The van der Waals surface area contributed by atoms with E-state index in [1.165, 1.54) is 14.2 Å². The van der Waals surface area contributed by atoms with Gasteiger partial charge in [-0.15, -0.1) is 0 Å². The Morgan fingerprint density at radius 3 is 2.67 bits per heavy atom. The van der Waals surface area contributed by atoms with Gasteiger partial charge in [0.15, 0.2) is 0 Å². The van der Waals surface area contributed by atoms with Crippen LogP contribution in [0.25, 0.3) is 0 Å². The molecule has 6 heteroatoms. The van der Waals surface area contributed by atoms with Crippen LogP contribution in [0, 0.1) is 0 Å². The minimum atomic E-state index is -0.599. The standard InChI is InChI=1S/C6H6BrNO4/c1-10-5-3(7)4(12-8-5)6(9)11-2/h1-2H3. The monoisotopic (exact) mass is 235 g/mol. The maximum atomic E-state index is 10.9. The van der Waals surface area contributed by atoms with Gasteiger partial charge >= 0.3 is 5.97 Å². The molecule has 0 aliphatic carbocycles. The molecule has 1 aromatic rings. The number of nitrogens with zero attached hydrogens (tertiary/aromatic N) is 1. The third-order valence-electron chi connectivity index (χ3n) is 1.17. The fourth-order valence-electron chi connectivity index (χ4n) is 0.611. The molecule has 0 fully saturated rings. The summed E-state index contributed by atoms with van der Waals surface area (Å²) in [5.41, 5.74) is 0. The predicted molar refractivity (Wildman–Crippen MR) is 42.1 cm³/mol. The molecule has 0 radical (unpaired) electrons. The van der Waals surface area contributed by atoms with Gasteiger partial charge in [-0.3, -0.25) is 0 Å². The van der Waals surface area contributed by atoms with Crippen LogP contribution in [-0.2, 0) is 4.74 Å². The zero-order valence-corrected chi connectivity index (χ0v) is 8.04. The maximum absolute atomic E-state index is 10.9. The van der Waals surface area contributed by atoms with Crippen molar-refractivity contribution in [3.63, 3.8) is 0 Å². The van der Waals surface area contributed by atoms with Gasteiger partial charge in [-0.2, -0.15) is 0 Å². The second kappa shape index (κ2) is 3.57. The number of halogens is 1. The number of carbonyl (C=O) groups is 1. The topological polar surface area (TPSA) is 61.6 Å². The van der Waals surface area contributed by atoms with Crippen molar-refractivity contribution < 1.29 is 18.8 Å². The number of rotatable bonds is 2. The summed E-state index contributed by atoms with van der Waals surface area (Å²) >= 11 is 3.07. The number of methoxy groups -OCH3 is 2. The van der Waals surface area contributed by atoms with Crippen LogP contribution in [0.3, 0.4) is 0 Å². The Labute approximate surface area is 76.7 Å².